The number of aryl methyl sites for hydroxylation is 1. The standard InChI is InChI=1S/C29H26Cl2O3/c1-4-22-16(2)13-19(17-5-9-20(30)10-6-17)14-23(22)25-26(32)27-24(15-29(3,34-27)28(25)33)18-7-11-21(31)12-8-18/h5-14,24-25,27H,4,15H2,1-3H3. The van der Waals surface area contributed by atoms with Crippen LogP contribution in [0.5, 0.6) is 0 Å². The second-order valence-corrected chi connectivity index (χ2v) is 10.4. The molecule has 4 atom stereocenters. The molecule has 0 N–H and O–H groups in total. The molecule has 0 aliphatic carbocycles. The monoisotopic (exact) mass is 492 g/mol. The Kier molecular flexibility index (Phi) is 5.92. The van der Waals surface area contributed by atoms with Gasteiger partial charge in [0, 0.05) is 16.0 Å². The van der Waals surface area contributed by atoms with Crippen LogP contribution in [0.15, 0.2) is 60.7 Å². The predicted molar refractivity (Wildman–Crippen MR) is 136 cm³/mol. The van der Waals surface area contributed by atoms with Gasteiger partial charge >= 0.3 is 0 Å². The van der Waals surface area contributed by atoms with E-state index in [9.17, 15) is 9.59 Å². The third-order valence-electron chi connectivity index (χ3n) is 7.36. The van der Waals surface area contributed by atoms with Gasteiger partial charge in [-0.2, -0.15) is 0 Å². The van der Waals surface area contributed by atoms with Gasteiger partial charge in [0.15, 0.2) is 11.6 Å². The van der Waals surface area contributed by atoms with E-state index in [1.54, 1.807) is 0 Å². The van der Waals surface area contributed by atoms with Crippen LogP contribution in [0.25, 0.3) is 11.1 Å². The van der Waals surface area contributed by atoms with Crippen molar-refractivity contribution < 1.29 is 14.3 Å². The van der Waals surface area contributed by atoms with Gasteiger partial charge in [-0.1, -0.05) is 60.5 Å². The zero-order valence-corrected chi connectivity index (χ0v) is 20.9. The highest BCUT2D eigenvalue weighted by molar-refractivity contribution is 6.30. The summed E-state index contributed by atoms with van der Waals surface area (Å²) in [5.74, 6) is -1.30. The van der Waals surface area contributed by atoms with E-state index in [0.29, 0.717) is 16.5 Å². The van der Waals surface area contributed by atoms with Crippen LogP contribution in [0.2, 0.25) is 10.0 Å². The van der Waals surface area contributed by atoms with Crippen molar-refractivity contribution in [3.8, 4) is 11.1 Å². The van der Waals surface area contributed by atoms with Crippen molar-refractivity contribution >= 4 is 34.8 Å². The first-order chi connectivity index (χ1) is 16.2. The minimum absolute atomic E-state index is 0.146. The average molecular weight is 493 g/mol. The topological polar surface area (TPSA) is 43.4 Å². The highest BCUT2D eigenvalue weighted by Gasteiger charge is 2.60. The molecule has 0 spiro atoms. The van der Waals surface area contributed by atoms with Crippen molar-refractivity contribution in [2.45, 2.75) is 57.2 Å². The second kappa shape index (κ2) is 8.64. The fourth-order valence-electron chi connectivity index (χ4n) is 5.64. The molecule has 3 aromatic rings. The molecule has 5 rings (SSSR count). The van der Waals surface area contributed by atoms with E-state index >= 15 is 0 Å². The van der Waals surface area contributed by atoms with Gasteiger partial charge in [-0.3, -0.25) is 9.59 Å². The Morgan fingerprint density at radius 1 is 0.941 bits per heavy atom. The number of hydrogen-bond acceptors (Lipinski definition) is 3. The summed E-state index contributed by atoms with van der Waals surface area (Å²) in [6, 6.07) is 19.2. The van der Waals surface area contributed by atoms with E-state index in [1.807, 2.05) is 68.4 Å². The maximum absolute atomic E-state index is 13.9. The lowest BCUT2D eigenvalue weighted by molar-refractivity contribution is -0.161. The highest BCUT2D eigenvalue weighted by Crippen LogP contribution is 2.50. The summed E-state index contributed by atoms with van der Waals surface area (Å²) in [5, 5.41) is 1.30. The summed E-state index contributed by atoms with van der Waals surface area (Å²) in [7, 11) is 0. The van der Waals surface area contributed by atoms with Crippen LogP contribution in [0.4, 0.5) is 0 Å². The van der Waals surface area contributed by atoms with E-state index < -0.39 is 17.6 Å². The van der Waals surface area contributed by atoms with Gasteiger partial charge in [0.25, 0.3) is 0 Å². The predicted octanol–water partition coefficient (Wildman–Crippen LogP) is 7.10. The van der Waals surface area contributed by atoms with E-state index in [1.165, 1.54) is 0 Å². The molecule has 3 nitrogen and oxygen atoms in total. The molecule has 2 bridgehead atoms. The molecule has 2 heterocycles. The van der Waals surface area contributed by atoms with Crippen LogP contribution in [-0.2, 0) is 20.7 Å². The lowest BCUT2D eigenvalue weighted by Crippen LogP contribution is -2.49. The molecular formula is C29H26Cl2O3. The van der Waals surface area contributed by atoms with E-state index in [4.69, 9.17) is 27.9 Å². The first-order valence-corrected chi connectivity index (χ1v) is 12.4. The summed E-state index contributed by atoms with van der Waals surface area (Å²) < 4.78 is 6.14. The molecule has 2 fully saturated rings. The second-order valence-electron chi connectivity index (χ2n) is 9.55. The third-order valence-corrected chi connectivity index (χ3v) is 7.86. The maximum Gasteiger partial charge on any atom is 0.179 e. The van der Waals surface area contributed by atoms with Crippen LogP contribution in [0.1, 0.15) is 54.4 Å². The van der Waals surface area contributed by atoms with Crippen LogP contribution in [0, 0.1) is 6.92 Å². The van der Waals surface area contributed by atoms with Gasteiger partial charge in [0.1, 0.15) is 17.6 Å². The maximum atomic E-state index is 13.9. The van der Waals surface area contributed by atoms with E-state index in [-0.39, 0.29) is 17.5 Å². The number of carbonyl (C=O) groups excluding carboxylic acids is 2. The number of fused-ring (bicyclic) bond motifs is 2. The summed E-state index contributed by atoms with van der Waals surface area (Å²) in [4.78, 5) is 27.7. The number of ketones is 2. The lowest BCUT2D eigenvalue weighted by Gasteiger charge is -2.34. The minimum atomic E-state index is -0.997. The fourth-order valence-corrected chi connectivity index (χ4v) is 5.89. The summed E-state index contributed by atoms with van der Waals surface area (Å²) >= 11 is 12.2. The molecule has 2 aliphatic rings. The Bertz CT molecular complexity index is 1280. The number of Topliss-reactive ketones (excluding diaryl/α,β-unsaturated/α-hetero) is 2. The first-order valence-electron chi connectivity index (χ1n) is 11.6. The molecule has 2 aliphatic heterocycles. The van der Waals surface area contributed by atoms with Gasteiger partial charge in [-0.15, -0.1) is 0 Å². The van der Waals surface area contributed by atoms with Crippen molar-refractivity contribution in [2.24, 2.45) is 0 Å². The van der Waals surface area contributed by atoms with Crippen LogP contribution in [0.3, 0.4) is 0 Å². The molecule has 0 radical (unpaired) electrons. The number of hydrogen-bond donors (Lipinski definition) is 0. The van der Waals surface area contributed by atoms with Crippen molar-refractivity contribution in [2.75, 3.05) is 0 Å². The SMILES string of the molecule is CCc1c(C)cc(-c2ccc(Cl)cc2)cc1C1C(=O)C2OC(C)(CC2c2ccc(Cl)cc2)C1=O. The zero-order valence-electron chi connectivity index (χ0n) is 19.4. The van der Waals surface area contributed by atoms with Crippen LogP contribution in [-0.4, -0.2) is 23.3 Å². The first kappa shape index (κ1) is 23.3. The molecule has 0 amide bonds. The normalized spacial score (nSPS) is 26.2. The Balaban J connectivity index is 1.61. The van der Waals surface area contributed by atoms with Gasteiger partial charge in [-0.05, 0) is 90.4 Å². The van der Waals surface area contributed by atoms with Gasteiger partial charge < -0.3 is 4.74 Å². The Morgan fingerprint density at radius 2 is 1.56 bits per heavy atom. The van der Waals surface area contributed by atoms with Gasteiger partial charge in [-0.25, -0.2) is 0 Å². The third kappa shape index (κ3) is 3.80. The number of rotatable bonds is 4. The molecule has 34 heavy (non-hydrogen) atoms. The molecule has 4 unspecified atom stereocenters. The zero-order chi connectivity index (χ0) is 24.2. The summed E-state index contributed by atoms with van der Waals surface area (Å²) in [6.45, 7) is 5.94. The molecule has 2 saturated heterocycles. The molecular weight excluding hydrogens is 467 g/mol. The number of ether oxygens (including phenoxy) is 1. The van der Waals surface area contributed by atoms with Gasteiger partial charge in [0.2, 0.25) is 0 Å². The molecule has 0 aromatic heterocycles. The van der Waals surface area contributed by atoms with Crippen molar-refractivity contribution in [1.82, 2.24) is 0 Å². The highest BCUT2D eigenvalue weighted by atomic mass is 35.5. The fraction of sp³-hybridized carbons (Fsp3) is 0.310. The van der Waals surface area contributed by atoms with Crippen molar-refractivity contribution in [1.29, 1.82) is 0 Å². The van der Waals surface area contributed by atoms with Gasteiger partial charge in [0.05, 0.1) is 0 Å². The van der Waals surface area contributed by atoms with Crippen molar-refractivity contribution in [3.63, 3.8) is 0 Å². The number of halogens is 2. The molecule has 3 aromatic carbocycles. The lowest BCUT2D eigenvalue weighted by atomic mass is 9.77. The minimum Gasteiger partial charge on any atom is -0.356 e. The Morgan fingerprint density at radius 3 is 2.18 bits per heavy atom. The average Bonchev–Trinajstić information content (AvgIpc) is 3.15. The van der Waals surface area contributed by atoms with E-state index in [2.05, 4.69) is 13.0 Å². The van der Waals surface area contributed by atoms with Crippen molar-refractivity contribution in [3.05, 3.63) is 93.0 Å². The molecule has 5 heteroatoms. The smallest absolute Gasteiger partial charge is 0.179 e. The summed E-state index contributed by atoms with van der Waals surface area (Å²) in [5.41, 5.74) is 4.88. The number of carbonyl (C=O) groups is 2. The largest absolute Gasteiger partial charge is 0.356 e. The van der Waals surface area contributed by atoms with E-state index in [0.717, 1.165) is 39.8 Å². The van der Waals surface area contributed by atoms with Crippen LogP contribution < -0.4 is 0 Å². The molecule has 0 saturated carbocycles. The van der Waals surface area contributed by atoms with Crippen LogP contribution >= 0.6 is 23.2 Å². The molecule has 174 valence electrons. The number of benzene rings is 3. The Labute approximate surface area is 210 Å². The Hall–Kier alpha value is -2.46. The quantitative estimate of drug-likeness (QED) is 0.364. The summed E-state index contributed by atoms with van der Waals surface area (Å²) in [6.07, 6.45) is 0.567.